The van der Waals surface area contributed by atoms with Crippen LogP contribution in [0.25, 0.3) is 0 Å². The number of hydrogen-bond acceptors (Lipinski definition) is 4. The molecule has 0 atom stereocenters. The molecule has 1 amide bonds. The summed E-state index contributed by atoms with van der Waals surface area (Å²) in [5.41, 5.74) is 7.12. The number of aromatic nitrogens is 3. The molecule has 2 aromatic rings. The molecular weight excluding hydrogens is 266 g/mol. The molecule has 6 nitrogen and oxygen atoms in total. The Bertz CT molecular complexity index is 596. The SMILES string of the molecule is Cc1c(Cl)cccc1NC(=O)c1cn(CCN)nn1. The Balaban J connectivity index is 2.14. The average molecular weight is 280 g/mol. The largest absolute Gasteiger partial charge is 0.329 e. The lowest BCUT2D eigenvalue weighted by Crippen LogP contribution is -2.13. The summed E-state index contributed by atoms with van der Waals surface area (Å²) >= 11 is 5.99. The standard InChI is InChI=1S/C12H14ClN5O/c1-8-9(13)3-2-4-10(8)15-12(19)11-7-18(6-5-14)17-16-11/h2-4,7H,5-6,14H2,1H3,(H,15,19). The van der Waals surface area contributed by atoms with Gasteiger partial charge in [0.05, 0.1) is 12.7 Å². The predicted octanol–water partition coefficient (Wildman–Crippen LogP) is 1.45. The first-order chi connectivity index (χ1) is 9.11. The van der Waals surface area contributed by atoms with Crippen LogP contribution in [0, 0.1) is 6.92 Å². The van der Waals surface area contributed by atoms with Crippen LogP contribution in [-0.2, 0) is 6.54 Å². The van der Waals surface area contributed by atoms with Crippen LogP contribution in [0.1, 0.15) is 16.1 Å². The van der Waals surface area contributed by atoms with Gasteiger partial charge in [-0.1, -0.05) is 22.9 Å². The molecule has 1 aromatic heterocycles. The van der Waals surface area contributed by atoms with E-state index in [4.69, 9.17) is 17.3 Å². The number of nitrogens with one attached hydrogen (secondary N) is 1. The van der Waals surface area contributed by atoms with Crippen molar-refractivity contribution in [2.75, 3.05) is 11.9 Å². The Morgan fingerprint density at radius 3 is 3.05 bits per heavy atom. The van der Waals surface area contributed by atoms with Crippen molar-refractivity contribution in [3.05, 3.63) is 40.7 Å². The summed E-state index contributed by atoms with van der Waals surface area (Å²) in [6.45, 7) is 2.80. The molecule has 0 bridgehead atoms. The molecule has 7 heteroatoms. The van der Waals surface area contributed by atoms with Gasteiger partial charge in [0.1, 0.15) is 0 Å². The first-order valence-corrected chi connectivity index (χ1v) is 6.16. The number of anilines is 1. The van der Waals surface area contributed by atoms with Gasteiger partial charge in [-0.2, -0.15) is 0 Å². The van der Waals surface area contributed by atoms with Crippen LogP contribution < -0.4 is 11.1 Å². The Kier molecular flexibility index (Phi) is 4.13. The highest BCUT2D eigenvalue weighted by Gasteiger charge is 2.12. The Hall–Kier alpha value is -1.92. The van der Waals surface area contributed by atoms with Crippen molar-refractivity contribution in [3.63, 3.8) is 0 Å². The Morgan fingerprint density at radius 2 is 2.32 bits per heavy atom. The maximum Gasteiger partial charge on any atom is 0.277 e. The minimum atomic E-state index is -0.325. The molecule has 0 saturated carbocycles. The number of benzene rings is 1. The van der Waals surface area contributed by atoms with E-state index in [1.54, 1.807) is 24.4 Å². The summed E-state index contributed by atoms with van der Waals surface area (Å²) < 4.78 is 1.53. The van der Waals surface area contributed by atoms with E-state index < -0.39 is 0 Å². The molecule has 2 rings (SSSR count). The summed E-state index contributed by atoms with van der Waals surface area (Å²) in [7, 11) is 0. The van der Waals surface area contributed by atoms with E-state index in [2.05, 4.69) is 15.6 Å². The van der Waals surface area contributed by atoms with Gasteiger partial charge < -0.3 is 11.1 Å². The van der Waals surface area contributed by atoms with Crippen molar-refractivity contribution >= 4 is 23.2 Å². The van der Waals surface area contributed by atoms with Gasteiger partial charge in [0.25, 0.3) is 5.91 Å². The highest BCUT2D eigenvalue weighted by Crippen LogP contribution is 2.23. The van der Waals surface area contributed by atoms with Gasteiger partial charge in [-0.25, -0.2) is 0 Å². The quantitative estimate of drug-likeness (QED) is 0.887. The lowest BCUT2D eigenvalue weighted by Gasteiger charge is -2.07. The lowest BCUT2D eigenvalue weighted by molar-refractivity contribution is 0.102. The molecule has 0 aliphatic carbocycles. The van der Waals surface area contributed by atoms with Crippen LogP contribution in [0.3, 0.4) is 0 Å². The molecule has 0 aliphatic heterocycles. The van der Waals surface area contributed by atoms with E-state index in [1.807, 2.05) is 6.92 Å². The third-order valence-electron chi connectivity index (χ3n) is 2.65. The van der Waals surface area contributed by atoms with Crippen molar-refractivity contribution in [1.82, 2.24) is 15.0 Å². The first-order valence-electron chi connectivity index (χ1n) is 5.78. The molecule has 1 heterocycles. The van der Waals surface area contributed by atoms with Gasteiger partial charge in [-0.3, -0.25) is 9.48 Å². The Morgan fingerprint density at radius 1 is 1.53 bits per heavy atom. The number of amides is 1. The van der Waals surface area contributed by atoms with Crippen LogP contribution in [-0.4, -0.2) is 27.4 Å². The van der Waals surface area contributed by atoms with Crippen molar-refractivity contribution < 1.29 is 4.79 Å². The zero-order chi connectivity index (χ0) is 13.8. The summed E-state index contributed by atoms with van der Waals surface area (Å²) in [4.78, 5) is 12.0. The zero-order valence-electron chi connectivity index (χ0n) is 10.4. The Labute approximate surface area is 115 Å². The fraction of sp³-hybridized carbons (Fsp3) is 0.250. The van der Waals surface area contributed by atoms with Crippen LogP contribution in [0.15, 0.2) is 24.4 Å². The van der Waals surface area contributed by atoms with Crippen LogP contribution >= 0.6 is 11.6 Å². The van der Waals surface area contributed by atoms with E-state index in [1.165, 1.54) is 4.68 Å². The molecule has 100 valence electrons. The number of nitrogens with two attached hydrogens (primary N) is 1. The number of carbonyl (C=O) groups is 1. The highest BCUT2D eigenvalue weighted by molar-refractivity contribution is 6.31. The predicted molar refractivity (Wildman–Crippen MR) is 73.2 cm³/mol. The molecule has 0 radical (unpaired) electrons. The topological polar surface area (TPSA) is 85.8 Å². The second kappa shape index (κ2) is 5.81. The summed E-state index contributed by atoms with van der Waals surface area (Å²) in [6, 6.07) is 5.32. The molecule has 0 unspecified atom stereocenters. The average Bonchev–Trinajstić information content (AvgIpc) is 2.84. The molecular formula is C12H14ClN5O. The lowest BCUT2D eigenvalue weighted by atomic mass is 10.2. The van der Waals surface area contributed by atoms with Gasteiger partial charge in [-0.05, 0) is 24.6 Å². The summed E-state index contributed by atoms with van der Waals surface area (Å²) in [5.74, 6) is -0.325. The molecule has 0 spiro atoms. The number of nitrogens with zero attached hydrogens (tertiary/aromatic N) is 3. The van der Waals surface area contributed by atoms with Gasteiger partial charge in [0.15, 0.2) is 5.69 Å². The molecule has 0 aliphatic rings. The second-order valence-electron chi connectivity index (χ2n) is 4.02. The van der Waals surface area contributed by atoms with Gasteiger partial charge >= 0.3 is 0 Å². The number of halogens is 1. The van der Waals surface area contributed by atoms with E-state index in [0.717, 1.165) is 5.56 Å². The molecule has 3 N–H and O–H groups in total. The normalized spacial score (nSPS) is 10.5. The van der Waals surface area contributed by atoms with Crippen molar-refractivity contribution in [3.8, 4) is 0 Å². The monoisotopic (exact) mass is 279 g/mol. The first kappa shape index (κ1) is 13.5. The van der Waals surface area contributed by atoms with Crippen molar-refractivity contribution in [1.29, 1.82) is 0 Å². The number of carbonyl (C=O) groups excluding carboxylic acids is 1. The third-order valence-corrected chi connectivity index (χ3v) is 3.05. The zero-order valence-corrected chi connectivity index (χ0v) is 11.2. The van der Waals surface area contributed by atoms with E-state index in [9.17, 15) is 4.79 Å². The molecule has 0 saturated heterocycles. The van der Waals surface area contributed by atoms with Gasteiger partial charge in [0, 0.05) is 17.3 Å². The van der Waals surface area contributed by atoms with Crippen LogP contribution in [0.5, 0.6) is 0 Å². The van der Waals surface area contributed by atoms with Crippen molar-refractivity contribution in [2.45, 2.75) is 13.5 Å². The van der Waals surface area contributed by atoms with Crippen LogP contribution in [0.2, 0.25) is 5.02 Å². The number of hydrogen-bond donors (Lipinski definition) is 2. The smallest absolute Gasteiger partial charge is 0.277 e. The maximum atomic E-state index is 12.0. The minimum Gasteiger partial charge on any atom is -0.329 e. The van der Waals surface area contributed by atoms with E-state index in [0.29, 0.717) is 23.8 Å². The molecule has 1 aromatic carbocycles. The fourth-order valence-electron chi connectivity index (χ4n) is 1.57. The maximum absolute atomic E-state index is 12.0. The number of rotatable bonds is 4. The molecule has 0 fully saturated rings. The van der Waals surface area contributed by atoms with Gasteiger partial charge in [0.2, 0.25) is 0 Å². The van der Waals surface area contributed by atoms with E-state index in [-0.39, 0.29) is 11.6 Å². The third kappa shape index (κ3) is 3.10. The minimum absolute atomic E-state index is 0.243. The summed E-state index contributed by atoms with van der Waals surface area (Å²) in [6.07, 6.45) is 1.56. The highest BCUT2D eigenvalue weighted by atomic mass is 35.5. The summed E-state index contributed by atoms with van der Waals surface area (Å²) in [5, 5.41) is 11.0. The van der Waals surface area contributed by atoms with Gasteiger partial charge in [-0.15, -0.1) is 5.10 Å². The second-order valence-corrected chi connectivity index (χ2v) is 4.43. The fourth-order valence-corrected chi connectivity index (χ4v) is 1.75. The van der Waals surface area contributed by atoms with E-state index >= 15 is 0 Å². The molecule has 19 heavy (non-hydrogen) atoms. The van der Waals surface area contributed by atoms with Crippen LogP contribution in [0.4, 0.5) is 5.69 Å². The van der Waals surface area contributed by atoms with Crippen molar-refractivity contribution in [2.24, 2.45) is 5.73 Å².